The standard InChI is InChI=1S/C40H44O8S/c1-5-41-25-29-45-33-9-17-37(18-10-33)49(38-19-11-34(12-20-38)46-30-26-42-6-2,39-21-13-35(14-22-39)47-31-27-43-7-3)40-23-15-36(16-24-40)48-32-28-44-8-4/h5-24H,1-4,25-32H2. The van der Waals surface area contributed by atoms with Gasteiger partial charge in [-0.3, -0.25) is 0 Å². The first-order chi connectivity index (χ1) is 24.1. The Morgan fingerprint density at radius 2 is 0.531 bits per heavy atom. The van der Waals surface area contributed by atoms with Crippen LogP contribution < -0.4 is 18.9 Å². The van der Waals surface area contributed by atoms with Crippen LogP contribution in [0.4, 0.5) is 0 Å². The van der Waals surface area contributed by atoms with Crippen LogP contribution in [0.1, 0.15) is 0 Å². The quantitative estimate of drug-likeness (QED) is 0.0535. The van der Waals surface area contributed by atoms with Crippen molar-refractivity contribution in [2.45, 2.75) is 19.6 Å². The molecule has 0 aliphatic carbocycles. The van der Waals surface area contributed by atoms with Crippen molar-refractivity contribution in [2.75, 3.05) is 52.9 Å². The molecule has 0 atom stereocenters. The number of hydrogen-bond donors (Lipinski definition) is 0. The van der Waals surface area contributed by atoms with E-state index in [4.69, 9.17) is 37.9 Å². The van der Waals surface area contributed by atoms with E-state index in [-0.39, 0.29) is 0 Å². The summed E-state index contributed by atoms with van der Waals surface area (Å²) in [5.74, 6) is 2.97. The van der Waals surface area contributed by atoms with Crippen LogP contribution in [0.25, 0.3) is 0 Å². The fourth-order valence-corrected chi connectivity index (χ4v) is 8.75. The fourth-order valence-electron chi connectivity index (χ4n) is 4.94. The van der Waals surface area contributed by atoms with E-state index in [0.29, 0.717) is 52.9 Å². The molecule has 0 aliphatic heterocycles. The molecule has 258 valence electrons. The van der Waals surface area contributed by atoms with Crippen LogP contribution in [0.2, 0.25) is 0 Å². The van der Waals surface area contributed by atoms with Gasteiger partial charge < -0.3 is 37.9 Å². The second-order valence-electron chi connectivity index (χ2n) is 10.0. The number of benzene rings is 4. The number of rotatable bonds is 24. The summed E-state index contributed by atoms with van der Waals surface area (Å²) < 4.78 is 44.7. The Kier molecular flexibility index (Phi) is 14.9. The van der Waals surface area contributed by atoms with Gasteiger partial charge in [-0.25, -0.2) is 0 Å². The van der Waals surface area contributed by atoms with E-state index in [2.05, 4.69) is 74.8 Å². The van der Waals surface area contributed by atoms with Crippen molar-refractivity contribution < 1.29 is 37.9 Å². The smallest absolute Gasteiger partial charge is 0.122 e. The Morgan fingerprint density at radius 3 is 0.714 bits per heavy atom. The molecular weight excluding hydrogens is 640 g/mol. The van der Waals surface area contributed by atoms with E-state index >= 15 is 0 Å². The monoisotopic (exact) mass is 684 g/mol. The van der Waals surface area contributed by atoms with E-state index in [1.165, 1.54) is 25.0 Å². The summed E-state index contributed by atoms with van der Waals surface area (Å²) in [7, 11) is -2.07. The largest absolute Gasteiger partial charge is 0.498 e. The number of ether oxygens (including phenoxy) is 8. The van der Waals surface area contributed by atoms with Gasteiger partial charge in [0.1, 0.15) is 75.9 Å². The Hall–Kier alpha value is -5.41. The van der Waals surface area contributed by atoms with Crippen molar-refractivity contribution in [3.63, 3.8) is 0 Å². The molecule has 0 saturated carbocycles. The van der Waals surface area contributed by atoms with Crippen LogP contribution in [0.15, 0.2) is 168 Å². The lowest BCUT2D eigenvalue weighted by Gasteiger charge is -2.42. The minimum Gasteiger partial charge on any atom is -0.498 e. The molecule has 0 fully saturated rings. The molecular formula is C40H44O8S. The van der Waals surface area contributed by atoms with Gasteiger partial charge in [-0.1, -0.05) is 26.3 Å². The Labute approximate surface area is 291 Å². The zero-order chi connectivity index (χ0) is 34.6. The first-order valence-corrected chi connectivity index (χ1v) is 17.4. The van der Waals surface area contributed by atoms with E-state index in [1.807, 2.05) is 48.5 Å². The van der Waals surface area contributed by atoms with E-state index in [1.54, 1.807) is 0 Å². The van der Waals surface area contributed by atoms with Gasteiger partial charge in [-0.2, -0.15) is 0 Å². The van der Waals surface area contributed by atoms with Crippen LogP contribution in [-0.2, 0) is 18.9 Å². The summed E-state index contributed by atoms with van der Waals surface area (Å²) in [5, 5.41) is 0. The van der Waals surface area contributed by atoms with Crippen molar-refractivity contribution in [1.82, 2.24) is 0 Å². The van der Waals surface area contributed by atoms with Gasteiger partial charge in [-0.05, 0) is 97.1 Å². The highest BCUT2D eigenvalue weighted by Crippen LogP contribution is 2.73. The summed E-state index contributed by atoms with van der Waals surface area (Å²) in [5.41, 5.74) is 0. The highest BCUT2D eigenvalue weighted by molar-refractivity contribution is 8.34. The molecule has 0 spiro atoms. The van der Waals surface area contributed by atoms with Crippen molar-refractivity contribution in [3.05, 3.63) is 148 Å². The predicted molar refractivity (Wildman–Crippen MR) is 193 cm³/mol. The van der Waals surface area contributed by atoms with Gasteiger partial charge in [0.25, 0.3) is 0 Å². The van der Waals surface area contributed by atoms with Gasteiger partial charge in [0, 0.05) is 19.6 Å². The molecule has 8 nitrogen and oxygen atoms in total. The maximum Gasteiger partial charge on any atom is 0.122 e. The molecule has 4 aromatic rings. The summed E-state index contributed by atoms with van der Waals surface area (Å²) in [6.07, 6.45) is 5.64. The van der Waals surface area contributed by atoms with E-state index in [0.717, 1.165) is 42.6 Å². The zero-order valence-electron chi connectivity index (χ0n) is 27.7. The summed E-state index contributed by atoms with van der Waals surface area (Å²) in [6.45, 7) is 17.6. The maximum absolute atomic E-state index is 5.94. The molecule has 9 heteroatoms. The summed E-state index contributed by atoms with van der Waals surface area (Å²) in [4.78, 5) is 4.43. The molecule has 0 aromatic heterocycles. The topological polar surface area (TPSA) is 73.8 Å². The third-order valence-corrected chi connectivity index (χ3v) is 11.0. The Bertz CT molecular complexity index is 1330. The van der Waals surface area contributed by atoms with Gasteiger partial charge in [0.05, 0.1) is 25.0 Å². The second-order valence-corrected chi connectivity index (χ2v) is 13.2. The van der Waals surface area contributed by atoms with Gasteiger partial charge >= 0.3 is 0 Å². The van der Waals surface area contributed by atoms with E-state index in [9.17, 15) is 0 Å². The molecule has 0 radical (unpaired) electrons. The average molecular weight is 685 g/mol. The first kappa shape index (κ1) is 36.4. The Morgan fingerprint density at radius 1 is 0.327 bits per heavy atom. The molecule has 0 aliphatic rings. The van der Waals surface area contributed by atoms with Crippen LogP contribution in [0, 0.1) is 0 Å². The summed E-state index contributed by atoms with van der Waals surface area (Å²) >= 11 is 0. The molecule has 49 heavy (non-hydrogen) atoms. The van der Waals surface area contributed by atoms with Crippen LogP contribution in [0.3, 0.4) is 0 Å². The van der Waals surface area contributed by atoms with Crippen LogP contribution in [0.5, 0.6) is 23.0 Å². The molecule has 0 N–H and O–H groups in total. The molecule has 0 saturated heterocycles. The van der Waals surface area contributed by atoms with Gasteiger partial charge in [0.2, 0.25) is 0 Å². The normalized spacial score (nSPS) is 10.9. The molecule has 4 rings (SSSR count). The SMILES string of the molecule is C=COCCOc1ccc(S(c2ccc(OCCOC=C)cc2)(c2ccc(OCCOC=C)cc2)c2ccc(OCCOC=C)cc2)cc1. The lowest BCUT2D eigenvalue weighted by molar-refractivity contribution is 0.179. The van der Waals surface area contributed by atoms with Crippen LogP contribution in [-0.4, -0.2) is 52.9 Å². The summed E-state index contributed by atoms with van der Waals surface area (Å²) in [6, 6.07) is 33.0. The van der Waals surface area contributed by atoms with Crippen LogP contribution >= 0.6 is 10.0 Å². The second kappa shape index (κ2) is 20.1. The van der Waals surface area contributed by atoms with Gasteiger partial charge in [0.15, 0.2) is 0 Å². The minimum atomic E-state index is -2.07. The number of hydrogen-bond acceptors (Lipinski definition) is 8. The third-order valence-electron chi connectivity index (χ3n) is 7.06. The highest BCUT2D eigenvalue weighted by atomic mass is 32.3. The minimum absolute atomic E-state index is 0.404. The molecule has 4 aromatic carbocycles. The lowest BCUT2D eigenvalue weighted by Crippen LogP contribution is -2.08. The zero-order valence-corrected chi connectivity index (χ0v) is 28.5. The van der Waals surface area contributed by atoms with Crippen molar-refractivity contribution in [1.29, 1.82) is 0 Å². The molecule has 0 heterocycles. The van der Waals surface area contributed by atoms with Crippen molar-refractivity contribution in [2.24, 2.45) is 0 Å². The Balaban J connectivity index is 1.80. The van der Waals surface area contributed by atoms with Crippen molar-refractivity contribution in [3.8, 4) is 23.0 Å². The maximum atomic E-state index is 5.94. The third kappa shape index (κ3) is 10.3. The van der Waals surface area contributed by atoms with Gasteiger partial charge in [-0.15, -0.1) is 10.0 Å². The predicted octanol–water partition coefficient (Wildman–Crippen LogP) is 9.18. The molecule has 0 unspecified atom stereocenters. The molecule has 0 amide bonds. The first-order valence-electron chi connectivity index (χ1n) is 15.8. The lowest BCUT2D eigenvalue weighted by atomic mass is 10.3. The average Bonchev–Trinajstić information content (AvgIpc) is 3.15. The van der Waals surface area contributed by atoms with Crippen molar-refractivity contribution >= 4 is 10.0 Å². The highest BCUT2D eigenvalue weighted by Gasteiger charge is 2.33. The van der Waals surface area contributed by atoms with E-state index < -0.39 is 10.0 Å². The molecule has 0 bridgehead atoms. The fraction of sp³-hybridized carbons (Fsp3) is 0.200.